The molecular formula is C28H32N4O5S. The molecule has 9 nitrogen and oxygen atoms in total. The highest BCUT2D eigenvalue weighted by Crippen LogP contribution is 2.23. The number of carbonyl (C=O) groups excluding carboxylic acids is 2. The van der Waals surface area contributed by atoms with Crippen LogP contribution in [0, 0.1) is 13.8 Å². The van der Waals surface area contributed by atoms with Crippen molar-refractivity contribution < 1.29 is 22.4 Å². The predicted octanol–water partition coefficient (Wildman–Crippen LogP) is 3.80. The van der Waals surface area contributed by atoms with Crippen LogP contribution < -0.4 is 10.7 Å². The third-order valence-electron chi connectivity index (χ3n) is 6.41. The number of sulfonamides is 1. The van der Waals surface area contributed by atoms with Crippen molar-refractivity contribution in [2.75, 3.05) is 0 Å². The van der Waals surface area contributed by atoms with E-state index in [9.17, 15) is 18.0 Å². The Labute approximate surface area is 223 Å². The van der Waals surface area contributed by atoms with Gasteiger partial charge in [-0.15, -0.1) is 0 Å². The van der Waals surface area contributed by atoms with Gasteiger partial charge in [0.2, 0.25) is 10.0 Å². The SMILES string of the molecule is Cc1ccc(CN(Cc2ccc(/C=N/NC(=O)C(=O)NC3CCCC3)o2)S(=O)(=O)c2ccc(C)cc2)cc1. The molecule has 0 bridgehead atoms. The van der Waals surface area contributed by atoms with Crippen molar-refractivity contribution in [3.63, 3.8) is 0 Å². The molecule has 0 atom stereocenters. The lowest BCUT2D eigenvalue weighted by Crippen LogP contribution is -2.42. The smallest absolute Gasteiger partial charge is 0.329 e. The van der Waals surface area contributed by atoms with Crippen molar-refractivity contribution in [3.05, 3.63) is 88.9 Å². The minimum absolute atomic E-state index is 0.00587. The number of furan rings is 1. The zero-order chi connectivity index (χ0) is 27.1. The van der Waals surface area contributed by atoms with Crippen molar-refractivity contribution in [2.45, 2.75) is 63.6 Å². The first-order valence-electron chi connectivity index (χ1n) is 12.6. The van der Waals surface area contributed by atoms with Crippen LogP contribution in [0.15, 0.2) is 75.1 Å². The van der Waals surface area contributed by atoms with Crippen LogP contribution >= 0.6 is 0 Å². The molecule has 2 amide bonds. The van der Waals surface area contributed by atoms with Gasteiger partial charge in [-0.2, -0.15) is 9.41 Å². The Morgan fingerprint density at radius 2 is 1.55 bits per heavy atom. The average Bonchev–Trinajstić information content (AvgIpc) is 3.57. The number of nitrogens with one attached hydrogen (secondary N) is 2. The number of aryl methyl sites for hydroxylation is 2. The second kappa shape index (κ2) is 12.2. The summed E-state index contributed by atoms with van der Waals surface area (Å²) in [5.41, 5.74) is 5.09. The van der Waals surface area contributed by atoms with Gasteiger partial charge < -0.3 is 9.73 Å². The highest BCUT2D eigenvalue weighted by Gasteiger charge is 2.26. The third-order valence-corrected chi connectivity index (χ3v) is 8.21. The number of hydrogen-bond donors (Lipinski definition) is 2. The molecule has 200 valence electrons. The standard InChI is InChI=1S/C28H32N4O5S/c1-20-7-11-22(12-8-20)18-32(38(35,36)26-15-9-21(2)10-16-26)19-25-14-13-24(37-25)17-29-31-28(34)27(33)30-23-5-3-4-6-23/h7-17,23H,3-6,18-19H2,1-2H3,(H,30,33)(H,31,34)/b29-17+. The molecule has 1 heterocycles. The molecule has 2 aromatic carbocycles. The number of hydrogen-bond acceptors (Lipinski definition) is 6. The molecule has 1 aliphatic carbocycles. The summed E-state index contributed by atoms with van der Waals surface area (Å²) in [5, 5.41) is 6.50. The molecule has 4 rings (SSSR count). The molecule has 3 aromatic rings. The Balaban J connectivity index is 1.44. The molecule has 0 spiro atoms. The molecule has 0 saturated heterocycles. The first-order valence-corrected chi connectivity index (χ1v) is 14.0. The molecule has 1 fully saturated rings. The van der Waals surface area contributed by atoms with E-state index in [1.807, 2.05) is 38.1 Å². The molecule has 2 N–H and O–H groups in total. The van der Waals surface area contributed by atoms with E-state index in [1.165, 1.54) is 10.5 Å². The van der Waals surface area contributed by atoms with Gasteiger partial charge in [-0.05, 0) is 56.5 Å². The van der Waals surface area contributed by atoms with Gasteiger partial charge in [-0.1, -0.05) is 60.4 Å². The normalized spacial score (nSPS) is 14.3. The van der Waals surface area contributed by atoms with Crippen LogP contribution in [0.4, 0.5) is 0 Å². The van der Waals surface area contributed by atoms with Gasteiger partial charge in [-0.25, -0.2) is 13.8 Å². The lowest BCUT2D eigenvalue weighted by molar-refractivity contribution is -0.139. The summed E-state index contributed by atoms with van der Waals surface area (Å²) in [4.78, 5) is 24.2. The summed E-state index contributed by atoms with van der Waals surface area (Å²) < 4.78 is 34.2. The first kappa shape index (κ1) is 27.3. The fourth-order valence-electron chi connectivity index (χ4n) is 4.23. The molecule has 0 aliphatic heterocycles. The van der Waals surface area contributed by atoms with E-state index in [0.29, 0.717) is 11.5 Å². The number of hydrazone groups is 1. The van der Waals surface area contributed by atoms with Gasteiger partial charge in [0.15, 0.2) is 0 Å². The van der Waals surface area contributed by atoms with Gasteiger partial charge in [-0.3, -0.25) is 9.59 Å². The van der Waals surface area contributed by atoms with Crippen LogP contribution in [0.25, 0.3) is 0 Å². The number of benzene rings is 2. The fraction of sp³-hybridized carbons (Fsp3) is 0.321. The van der Waals surface area contributed by atoms with Crippen LogP contribution in [0.3, 0.4) is 0 Å². The largest absolute Gasteiger partial charge is 0.459 e. The van der Waals surface area contributed by atoms with Crippen molar-refractivity contribution in [3.8, 4) is 0 Å². The highest BCUT2D eigenvalue weighted by atomic mass is 32.2. The Morgan fingerprint density at radius 3 is 2.21 bits per heavy atom. The Morgan fingerprint density at radius 1 is 0.921 bits per heavy atom. The summed E-state index contributed by atoms with van der Waals surface area (Å²) in [6.45, 7) is 4.03. The monoisotopic (exact) mass is 536 g/mol. The predicted molar refractivity (Wildman–Crippen MR) is 144 cm³/mol. The Bertz CT molecular complexity index is 1390. The topological polar surface area (TPSA) is 121 Å². The zero-order valence-electron chi connectivity index (χ0n) is 21.5. The minimum atomic E-state index is -3.82. The molecule has 0 radical (unpaired) electrons. The summed E-state index contributed by atoms with van der Waals surface area (Å²) >= 11 is 0. The van der Waals surface area contributed by atoms with Crippen LogP contribution in [-0.2, 0) is 32.7 Å². The lowest BCUT2D eigenvalue weighted by atomic mass is 10.1. The van der Waals surface area contributed by atoms with E-state index in [2.05, 4.69) is 15.8 Å². The van der Waals surface area contributed by atoms with Crippen molar-refractivity contribution in [1.82, 2.24) is 15.0 Å². The summed E-state index contributed by atoms with van der Waals surface area (Å²) in [6.07, 6.45) is 5.10. The summed E-state index contributed by atoms with van der Waals surface area (Å²) in [7, 11) is -3.82. The average molecular weight is 537 g/mol. The second-order valence-electron chi connectivity index (χ2n) is 9.53. The fourth-order valence-corrected chi connectivity index (χ4v) is 5.63. The minimum Gasteiger partial charge on any atom is -0.459 e. The van der Waals surface area contributed by atoms with E-state index in [0.717, 1.165) is 42.4 Å². The Kier molecular flexibility index (Phi) is 8.75. The van der Waals surface area contributed by atoms with E-state index in [4.69, 9.17) is 4.42 Å². The quantitative estimate of drug-likeness (QED) is 0.245. The van der Waals surface area contributed by atoms with Crippen molar-refractivity contribution in [2.24, 2.45) is 5.10 Å². The number of amides is 2. The second-order valence-corrected chi connectivity index (χ2v) is 11.5. The number of carbonyl (C=O) groups is 2. The van der Waals surface area contributed by atoms with Crippen molar-refractivity contribution in [1.29, 1.82) is 0 Å². The van der Waals surface area contributed by atoms with Gasteiger partial charge in [0.05, 0.1) is 17.7 Å². The molecule has 0 unspecified atom stereocenters. The van der Waals surface area contributed by atoms with Crippen LogP contribution in [0.2, 0.25) is 0 Å². The summed E-state index contributed by atoms with van der Waals surface area (Å²) in [6, 6.07) is 17.7. The van der Waals surface area contributed by atoms with E-state index < -0.39 is 21.8 Å². The van der Waals surface area contributed by atoms with Gasteiger partial charge >= 0.3 is 11.8 Å². The van der Waals surface area contributed by atoms with Crippen LogP contribution in [-0.4, -0.2) is 36.8 Å². The van der Waals surface area contributed by atoms with E-state index in [1.54, 1.807) is 36.4 Å². The number of nitrogens with zero attached hydrogens (tertiary/aromatic N) is 2. The molecule has 10 heteroatoms. The van der Waals surface area contributed by atoms with E-state index in [-0.39, 0.29) is 24.0 Å². The maximum Gasteiger partial charge on any atom is 0.329 e. The molecule has 1 saturated carbocycles. The van der Waals surface area contributed by atoms with Gasteiger partial charge in [0, 0.05) is 12.6 Å². The van der Waals surface area contributed by atoms with Gasteiger partial charge in [0.25, 0.3) is 0 Å². The molecule has 1 aliphatic rings. The zero-order valence-corrected chi connectivity index (χ0v) is 22.3. The molecule has 1 aromatic heterocycles. The summed E-state index contributed by atoms with van der Waals surface area (Å²) in [5.74, 6) is -0.866. The first-order chi connectivity index (χ1) is 18.2. The van der Waals surface area contributed by atoms with Crippen LogP contribution in [0.1, 0.15) is 53.9 Å². The highest BCUT2D eigenvalue weighted by molar-refractivity contribution is 7.89. The lowest BCUT2D eigenvalue weighted by Gasteiger charge is -2.21. The van der Waals surface area contributed by atoms with Crippen molar-refractivity contribution >= 4 is 28.1 Å². The number of rotatable bonds is 9. The third kappa shape index (κ3) is 7.17. The molecular weight excluding hydrogens is 504 g/mol. The Hall–Kier alpha value is -3.76. The maximum absolute atomic E-state index is 13.5. The maximum atomic E-state index is 13.5. The molecule has 38 heavy (non-hydrogen) atoms. The van der Waals surface area contributed by atoms with Gasteiger partial charge in [0.1, 0.15) is 11.5 Å². The van der Waals surface area contributed by atoms with E-state index >= 15 is 0 Å². The van der Waals surface area contributed by atoms with Crippen LogP contribution in [0.5, 0.6) is 0 Å².